The molecule has 1 atom stereocenters. The third-order valence-electron chi connectivity index (χ3n) is 2.12. The Morgan fingerprint density at radius 2 is 2.21 bits per heavy atom. The lowest BCUT2D eigenvalue weighted by Gasteiger charge is -2.08. The number of pyridine rings is 1. The van der Waals surface area contributed by atoms with Crippen LogP contribution in [-0.4, -0.2) is 10.1 Å². The highest BCUT2D eigenvalue weighted by atomic mass is 32.1. The zero-order valence-corrected chi connectivity index (χ0v) is 8.66. The van der Waals surface area contributed by atoms with E-state index < -0.39 is 6.10 Å². The van der Waals surface area contributed by atoms with Crippen molar-refractivity contribution >= 4 is 11.3 Å². The number of nitrogens with zero attached hydrogens (tertiary/aromatic N) is 1. The fraction of sp³-hybridized carbons (Fsp3) is 0.182. The molecule has 0 amide bonds. The molecule has 2 aromatic heterocycles. The molecule has 0 aromatic carbocycles. The Bertz CT molecular complexity index is 410. The van der Waals surface area contributed by atoms with Gasteiger partial charge in [0.05, 0.1) is 5.69 Å². The highest BCUT2D eigenvalue weighted by Gasteiger charge is 2.14. The molecule has 0 saturated carbocycles. The lowest BCUT2D eigenvalue weighted by Crippen LogP contribution is -2.00. The molecule has 0 aliphatic carbocycles. The molecule has 0 bridgehead atoms. The van der Waals surface area contributed by atoms with Crippen LogP contribution in [0.4, 0.5) is 0 Å². The molecule has 72 valence electrons. The number of hydrogen-bond acceptors (Lipinski definition) is 3. The zero-order chi connectivity index (χ0) is 9.97. The van der Waals surface area contributed by atoms with E-state index in [4.69, 9.17) is 0 Å². The van der Waals surface area contributed by atoms with Crippen molar-refractivity contribution in [2.75, 3.05) is 0 Å². The second kappa shape index (κ2) is 3.90. The van der Waals surface area contributed by atoms with Crippen LogP contribution in [0, 0.1) is 6.92 Å². The van der Waals surface area contributed by atoms with Gasteiger partial charge in [0, 0.05) is 11.1 Å². The predicted octanol–water partition coefficient (Wildman–Crippen LogP) is 2.53. The average molecular weight is 205 g/mol. The van der Waals surface area contributed by atoms with Gasteiger partial charge in [0.1, 0.15) is 6.10 Å². The van der Waals surface area contributed by atoms with Gasteiger partial charge in [-0.2, -0.15) is 0 Å². The number of rotatable bonds is 2. The van der Waals surface area contributed by atoms with E-state index in [-0.39, 0.29) is 0 Å². The van der Waals surface area contributed by atoms with Gasteiger partial charge in [-0.1, -0.05) is 6.07 Å². The molecular weight excluding hydrogens is 194 g/mol. The molecular formula is C11H11NOS. The average Bonchev–Trinajstić information content (AvgIpc) is 2.65. The summed E-state index contributed by atoms with van der Waals surface area (Å²) in [6.07, 6.45) is 1.11. The third-order valence-corrected chi connectivity index (χ3v) is 3.19. The summed E-state index contributed by atoms with van der Waals surface area (Å²) in [5.74, 6) is 0. The normalized spacial score (nSPS) is 12.7. The highest BCUT2D eigenvalue weighted by Crippen LogP contribution is 2.27. The zero-order valence-electron chi connectivity index (χ0n) is 7.84. The summed E-state index contributed by atoms with van der Waals surface area (Å²) in [6.45, 7) is 2.00. The molecule has 1 N–H and O–H groups in total. The minimum atomic E-state index is -0.587. The number of thiophene rings is 1. The summed E-state index contributed by atoms with van der Waals surface area (Å²) in [5, 5.41) is 12.0. The molecule has 0 aliphatic heterocycles. The summed E-state index contributed by atoms with van der Waals surface area (Å²) in [5.41, 5.74) is 1.83. The van der Waals surface area contributed by atoms with Gasteiger partial charge in [-0.15, -0.1) is 11.3 Å². The second-order valence-electron chi connectivity index (χ2n) is 3.13. The molecule has 1 unspecified atom stereocenters. The van der Waals surface area contributed by atoms with Crippen LogP contribution < -0.4 is 0 Å². The van der Waals surface area contributed by atoms with Gasteiger partial charge >= 0.3 is 0 Å². The molecule has 0 spiro atoms. The van der Waals surface area contributed by atoms with Crippen molar-refractivity contribution in [1.82, 2.24) is 4.98 Å². The monoisotopic (exact) mass is 205 g/mol. The van der Waals surface area contributed by atoms with Crippen molar-refractivity contribution in [3.8, 4) is 0 Å². The Morgan fingerprint density at radius 3 is 2.79 bits per heavy atom. The van der Waals surface area contributed by atoms with E-state index in [1.54, 1.807) is 17.5 Å². The molecule has 0 radical (unpaired) electrons. The number of hydrogen-bond donors (Lipinski definition) is 1. The molecule has 2 heterocycles. The van der Waals surface area contributed by atoms with E-state index in [0.717, 1.165) is 10.4 Å². The van der Waals surface area contributed by atoms with Gasteiger partial charge in [-0.05, 0) is 36.1 Å². The maximum Gasteiger partial charge on any atom is 0.130 e. The minimum Gasteiger partial charge on any atom is -0.381 e. The van der Waals surface area contributed by atoms with E-state index in [0.29, 0.717) is 5.69 Å². The lowest BCUT2D eigenvalue weighted by molar-refractivity contribution is 0.218. The largest absolute Gasteiger partial charge is 0.381 e. The van der Waals surface area contributed by atoms with Crippen LogP contribution in [0.3, 0.4) is 0 Å². The molecule has 3 heteroatoms. The topological polar surface area (TPSA) is 33.1 Å². The Hall–Kier alpha value is -1.19. The second-order valence-corrected chi connectivity index (χ2v) is 4.07. The SMILES string of the molecule is Cc1ccsc1C(O)c1ccccn1. The van der Waals surface area contributed by atoms with E-state index in [2.05, 4.69) is 4.98 Å². The Kier molecular flexibility index (Phi) is 2.61. The first kappa shape index (κ1) is 9.37. The number of aliphatic hydroxyl groups is 1. The first-order valence-electron chi connectivity index (χ1n) is 4.42. The van der Waals surface area contributed by atoms with E-state index >= 15 is 0 Å². The fourth-order valence-electron chi connectivity index (χ4n) is 1.34. The van der Waals surface area contributed by atoms with E-state index in [9.17, 15) is 5.11 Å². The Morgan fingerprint density at radius 1 is 1.36 bits per heavy atom. The van der Waals surface area contributed by atoms with Gasteiger partial charge in [0.15, 0.2) is 0 Å². The number of aryl methyl sites for hydroxylation is 1. The Labute approximate surface area is 86.9 Å². The molecule has 0 fully saturated rings. The summed E-state index contributed by atoms with van der Waals surface area (Å²) in [4.78, 5) is 5.11. The van der Waals surface area contributed by atoms with Crippen molar-refractivity contribution in [2.45, 2.75) is 13.0 Å². The molecule has 0 saturated heterocycles. The molecule has 2 aromatic rings. The van der Waals surface area contributed by atoms with Gasteiger partial charge < -0.3 is 5.11 Å². The van der Waals surface area contributed by atoms with Crippen molar-refractivity contribution in [2.24, 2.45) is 0 Å². The van der Waals surface area contributed by atoms with Crippen molar-refractivity contribution in [1.29, 1.82) is 0 Å². The molecule has 14 heavy (non-hydrogen) atoms. The molecule has 0 aliphatic rings. The minimum absolute atomic E-state index is 0.587. The van der Waals surface area contributed by atoms with Crippen LogP contribution in [0.5, 0.6) is 0 Å². The standard InChI is InChI=1S/C11H11NOS/c1-8-5-7-14-11(8)10(13)9-4-2-3-6-12-9/h2-7,10,13H,1H3. The number of aliphatic hydroxyl groups excluding tert-OH is 1. The quantitative estimate of drug-likeness (QED) is 0.817. The summed E-state index contributed by atoms with van der Waals surface area (Å²) < 4.78 is 0. The first-order valence-corrected chi connectivity index (χ1v) is 5.30. The molecule has 2 rings (SSSR count). The van der Waals surface area contributed by atoms with Crippen molar-refractivity contribution < 1.29 is 5.11 Å². The van der Waals surface area contributed by atoms with Crippen LogP contribution in [0.25, 0.3) is 0 Å². The van der Waals surface area contributed by atoms with Crippen LogP contribution in [-0.2, 0) is 0 Å². The van der Waals surface area contributed by atoms with Crippen LogP contribution >= 0.6 is 11.3 Å². The van der Waals surface area contributed by atoms with Gasteiger partial charge in [-0.3, -0.25) is 4.98 Å². The van der Waals surface area contributed by atoms with Gasteiger partial charge in [0.2, 0.25) is 0 Å². The maximum atomic E-state index is 10.0. The third kappa shape index (κ3) is 1.69. The van der Waals surface area contributed by atoms with Crippen molar-refractivity contribution in [3.63, 3.8) is 0 Å². The summed E-state index contributed by atoms with van der Waals surface area (Å²) >= 11 is 1.56. The van der Waals surface area contributed by atoms with E-state index in [1.807, 2.05) is 36.6 Å². The summed E-state index contributed by atoms with van der Waals surface area (Å²) in [7, 11) is 0. The van der Waals surface area contributed by atoms with Crippen LogP contribution in [0.15, 0.2) is 35.8 Å². The summed E-state index contributed by atoms with van der Waals surface area (Å²) in [6, 6.07) is 7.57. The van der Waals surface area contributed by atoms with Crippen LogP contribution in [0.1, 0.15) is 22.2 Å². The predicted molar refractivity (Wildman–Crippen MR) is 57.4 cm³/mol. The highest BCUT2D eigenvalue weighted by molar-refractivity contribution is 7.10. The lowest BCUT2D eigenvalue weighted by atomic mass is 10.1. The van der Waals surface area contributed by atoms with Crippen molar-refractivity contribution in [3.05, 3.63) is 52.0 Å². The fourth-order valence-corrected chi connectivity index (χ4v) is 2.26. The number of aromatic nitrogens is 1. The van der Waals surface area contributed by atoms with Gasteiger partial charge in [-0.25, -0.2) is 0 Å². The first-order chi connectivity index (χ1) is 6.79. The van der Waals surface area contributed by atoms with Crippen LogP contribution in [0.2, 0.25) is 0 Å². The maximum absolute atomic E-state index is 10.0. The smallest absolute Gasteiger partial charge is 0.130 e. The Balaban J connectivity index is 2.34. The van der Waals surface area contributed by atoms with E-state index in [1.165, 1.54) is 0 Å². The van der Waals surface area contributed by atoms with Gasteiger partial charge in [0.25, 0.3) is 0 Å². The molecule has 2 nitrogen and oxygen atoms in total.